The molecule has 0 atom stereocenters. The van der Waals surface area contributed by atoms with E-state index in [2.05, 4.69) is 0 Å². The number of carbonyl (C=O) groups is 1. The molecule has 3 rings (SSSR count). The molecule has 25 heavy (non-hydrogen) atoms. The second kappa shape index (κ2) is 6.80. The first-order valence-electron chi connectivity index (χ1n) is 7.92. The SMILES string of the molecule is COc1ccc(CN2CCCC2=O)c(O)c1-c1cccc([N+](=O)[O-])c1. The van der Waals surface area contributed by atoms with Crippen molar-refractivity contribution in [1.82, 2.24) is 4.90 Å². The van der Waals surface area contributed by atoms with Gasteiger partial charge in [-0.2, -0.15) is 0 Å². The van der Waals surface area contributed by atoms with Crippen LogP contribution in [0.4, 0.5) is 5.69 Å². The van der Waals surface area contributed by atoms with E-state index in [1.165, 1.54) is 19.2 Å². The summed E-state index contributed by atoms with van der Waals surface area (Å²) in [4.78, 5) is 24.1. The fourth-order valence-electron chi connectivity index (χ4n) is 3.04. The molecule has 1 amide bonds. The van der Waals surface area contributed by atoms with E-state index in [0.717, 1.165) is 6.42 Å². The number of hydrogen-bond donors (Lipinski definition) is 1. The van der Waals surface area contributed by atoms with Gasteiger partial charge in [0, 0.05) is 37.2 Å². The van der Waals surface area contributed by atoms with Gasteiger partial charge in [-0.05, 0) is 24.1 Å². The van der Waals surface area contributed by atoms with E-state index in [1.807, 2.05) is 0 Å². The van der Waals surface area contributed by atoms with Gasteiger partial charge in [0.05, 0.1) is 17.6 Å². The highest BCUT2D eigenvalue weighted by molar-refractivity contribution is 5.81. The van der Waals surface area contributed by atoms with Gasteiger partial charge in [-0.1, -0.05) is 12.1 Å². The van der Waals surface area contributed by atoms with Crippen LogP contribution in [0.3, 0.4) is 0 Å². The highest BCUT2D eigenvalue weighted by atomic mass is 16.6. The molecule has 2 aromatic rings. The number of methoxy groups -OCH3 is 1. The minimum Gasteiger partial charge on any atom is -0.507 e. The zero-order chi connectivity index (χ0) is 18.0. The van der Waals surface area contributed by atoms with Crippen molar-refractivity contribution in [3.8, 4) is 22.6 Å². The van der Waals surface area contributed by atoms with Crippen LogP contribution in [0.25, 0.3) is 11.1 Å². The van der Waals surface area contributed by atoms with Crippen molar-refractivity contribution < 1.29 is 19.6 Å². The van der Waals surface area contributed by atoms with Gasteiger partial charge in [0.2, 0.25) is 5.91 Å². The lowest BCUT2D eigenvalue weighted by molar-refractivity contribution is -0.384. The number of phenols is 1. The summed E-state index contributed by atoms with van der Waals surface area (Å²) in [6.07, 6.45) is 1.34. The monoisotopic (exact) mass is 342 g/mol. The number of phenolic OH excluding ortho intramolecular Hbond substituents is 1. The summed E-state index contributed by atoms with van der Waals surface area (Å²) >= 11 is 0. The Morgan fingerprint density at radius 3 is 2.76 bits per heavy atom. The van der Waals surface area contributed by atoms with Gasteiger partial charge in [0.15, 0.2) is 0 Å². The molecule has 1 saturated heterocycles. The van der Waals surface area contributed by atoms with Crippen molar-refractivity contribution in [2.24, 2.45) is 0 Å². The summed E-state index contributed by atoms with van der Waals surface area (Å²) in [7, 11) is 1.47. The van der Waals surface area contributed by atoms with Crippen molar-refractivity contribution in [3.05, 3.63) is 52.1 Å². The first kappa shape index (κ1) is 16.8. The largest absolute Gasteiger partial charge is 0.507 e. The molecule has 1 N–H and O–H groups in total. The number of likely N-dealkylation sites (tertiary alicyclic amines) is 1. The number of nitro benzene ring substituents is 1. The molecule has 130 valence electrons. The Morgan fingerprint density at radius 1 is 1.32 bits per heavy atom. The average molecular weight is 342 g/mol. The fourth-order valence-corrected chi connectivity index (χ4v) is 3.04. The number of rotatable bonds is 5. The molecular weight excluding hydrogens is 324 g/mol. The predicted molar refractivity (Wildman–Crippen MR) is 91.4 cm³/mol. The lowest BCUT2D eigenvalue weighted by atomic mass is 9.99. The van der Waals surface area contributed by atoms with Gasteiger partial charge in [0.25, 0.3) is 5.69 Å². The first-order valence-corrected chi connectivity index (χ1v) is 7.92. The van der Waals surface area contributed by atoms with Gasteiger partial charge in [-0.3, -0.25) is 14.9 Å². The molecular formula is C18H18N2O5. The molecule has 0 aromatic heterocycles. The summed E-state index contributed by atoms with van der Waals surface area (Å²) < 4.78 is 5.32. The van der Waals surface area contributed by atoms with Crippen LogP contribution in [-0.2, 0) is 11.3 Å². The van der Waals surface area contributed by atoms with Crippen molar-refractivity contribution in [3.63, 3.8) is 0 Å². The third kappa shape index (κ3) is 3.26. The summed E-state index contributed by atoms with van der Waals surface area (Å²) in [5.41, 5.74) is 1.38. The summed E-state index contributed by atoms with van der Waals surface area (Å²) in [5, 5.41) is 21.8. The number of amides is 1. The predicted octanol–water partition coefficient (Wildman–Crippen LogP) is 3.10. The van der Waals surface area contributed by atoms with E-state index < -0.39 is 4.92 Å². The Labute approximate surface area is 144 Å². The first-order chi connectivity index (χ1) is 12.0. The third-order valence-electron chi connectivity index (χ3n) is 4.32. The van der Waals surface area contributed by atoms with Crippen LogP contribution < -0.4 is 4.74 Å². The number of nitrogens with zero attached hydrogens (tertiary/aromatic N) is 2. The van der Waals surface area contributed by atoms with Crippen molar-refractivity contribution >= 4 is 11.6 Å². The molecule has 1 aliphatic rings. The molecule has 1 fully saturated rings. The standard InChI is InChI=1S/C18H18N2O5/c1-25-15-8-7-13(11-19-9-3-6-16(19)21)18(22)17(15)12-4-2-5-14(10-12)20(23)24/h2,4-5,7-8,10,22H,3,6,9,11H2,1H3. The van der Waals surface area contributed by atoms with Crippen LogP contribution in [-0.4, -0.2) is 34.5 Å². The van der Waals surface area contributed by atoms with Crippen LogP contribution in [0, 0.1) is 10.1 Å². The molecule has 0 unspecified atom stereocenters. The summed E-state index contributed by atoms with van der Waals surface area (Å²) in [6.45, 7) is 0.965. The van der Waals surface area contributed by atoms with Gasteiger partial charge < -0.3 is 14.7 Å². The molecule has 2 aromatic carbocycles. The molecule has 0 aliphatic carbocycles. The summed E-state index contributed by atoms with van der Waals surface area (Å²) in [5.74, 6) is 0.446. The van der Waals surface area contributed by atoms with Gasteiger partial charge in [-0.25, -0.2) is 0 Å². The highest BCUT2D eigenvalue weighted by Crippen LogP contribution is 2.41. The molecule has 0 saturated carbocycles. The number of hydrogen-bond acceptors (Lipinski definition) is 5. The van der Waals surface area contributed by atoms with Crippen LogP contribution in [0.2, 0.25) is 0 Å². The van der Waals surface area contributed by atoms with Crippen LogP contribution in [0.15, 0.2) is 36.4 Å². The molecule has 7 nitrogen and oxygen atoms in total. The van der Waals surface area contributed by atoms with E-state index >= 15 is 0 Å². The Morgan fingerprint density at radius 2 is 2.12 bits per heavy atom. The number of ether oxygens (including phenoxy) is 1. The van der Waals surface area contributed by atoms with Crippen molar-refractivity contribution in [2.75, 3.05) is 13.7 Å². The van der Waals surface area contributed by atoms with E-state index in [9.17, 15) is 20.0 Å². The molecule has 1 heterocycles. The fraction of sp³-hybridized carbons (Fsp3) is 0.278. The normalized spacial score (nSPS) is 14.0. The van der Waals surface area contributed by atoms with Gasteiger partial charge >= 0.3 is 0 Å². The van der Waals surface area contributed by atoms with E-state index in [0.29, 0.717) is 42.0 Å². The maximum atomic E-state index is 11.8. The van der Waals surface area contributed by atoms with Crippen LogP contribution in [0.1, 0.15) is 18.4 Å². The third-order valence-corrected chi connectivity index (χ3v) is 4.32. The minimum absolute atomic E-state index is 0.0282. The second-order valence-electron chi connectivity index (χ2n) is 5.88. The summed E-state index contributed by atoms with van der Waals surface area (Å²) in [6, 6.07) is 9.42. The van der Waals surface area contributed by atoms with Gasteiger partial charge in [-0.15, -0.1) is 0 Å². The zero-order valence-corrected chi connectivity index (χ0v) is 13.8. The molecule has 0 bridgehead atoms. The maximum Gasteiger partial charge on any atom is 0.270 e. The lowest BCUT2D eigenvalue weighted by Crippen LogP contribution is -2.23. The number of aromatic hydroxyl groups is 1. The molecule has 0 radical (unpaired) electrons. The molecule has 0 spiro atoms. The van der Waals surface area contributed by atoms with Crippen molar-refractivity contribution in [2.45, 2.75) is 19.4 Å². The molecule has 1 aliphatic heterocycles. The number of carbonyl (C=O) groups excluding carboxylic acids is 1. The lowest BCUT2D eigenvalue weighted by Gasteiger charge is -2.19. The zero-order valence-electron chi connectivity index (χ0n) is 13.8. The second-order valence-corrected chi connectivity index (χ2v) is 5.88. The van der Waals surface area contributed by atoms with Gasteiger partial charge in [0.1, 0.15) is 11.5 Å². The highest BCUT2D eigenvalue weighted by Gasteiger charge is 2.23. The Balaban J connectivity index is 2.05. The van der Waals surface area contributed by atoms with E-state index in [-0.39, 0.29) is 17.3 Å². The van der Waals surface area contributed by atoms with E-state index in [4.69, 9.17) is 4.74 Å². The number of benzene rings is 2. The van der Waals surface area contributed by atoms with E-state index in [1.54, 1.807) is 29.2 Å². The molecule has 7 heteroatoms. The minimum atomic E-state index is -0.486. The van der Waals surface area contributed by atoms with Crippen molar-refractivity contribution in [1.29, 1.82) is 0 Å². The topological polar surface area (TPSA) is 92.9 Å². The Hall–Kier alpha value is -3.09. The maximum absolute atomic E-state index is 11.8. The average Bonchev–Trinajstić information content (AvgIpc) is 3.01. The smallest absolute Gasteiger partial charge is 0.270 e. The quantitative estimate of drug-likeness (QED) is 0.666. The number of non-ortho nitro benzene ring substituents is 1. The van der Waals surface area contributed by atoms with Crippen LogP contribution in [0.5, 0.6) is 11.5 Å². The number of nitro groups is 1. The Bertz CT molecular complexity index is 834. The Kier molecular flexibility index (Phi) is 4.56. The van der Waals surface area contributed by atoms with Crippen LogP contribution >= 0.6 is 0 Å².